The van der Waals surface area contributed by atoms with E-state index in [1.807, 2.05) is 0 Å². The minimum Gasteiger partial charge on any atom is -0.369 e. The molecule has 7 nitrogen and oxygen atoms in total. The smallest absolute Gasteiger partial charge is 0.278 e. The Labute approximate surface area is 108 Å². The second kappa shape index (κ2) is 6.01. The quantitative estimate of drug-likeness (QED) is 0.848. The molecule has 0 aliphatic heterocycles. The monoisotopic (exact) mass is 264 g/mol. The van der Waals surface area contributed by atoms with Crippen LogP contribution in [0.1, 0.15) is 23.8 Å². The number of nitrogens with zero attached hydrogens (tertiary/aromatic N) is 4. The molecule has 0 aliphatic carbocycles. The van der Waals surface area contributed by atoms with Crippen LogP contribution in [-0.4, -0.2) is 32.8 Å². The molecular formula is C10H12N6OS. The number of hydrogen-bond acceptors (Lipinski definition) is 7. The van der Waals surface area contributed by atoms with Crippen molar-refractivity contribution < 1.29 is 4.79 Å². The topological polar surface area (TPSA) is 92.7 Å². The van der Waals surface area contributed by atoms with Gasteiger partial charge in [-0.15, -0.1) is 20.4 Å². The van der Waals surface area contributed by atoms with Crippen molar-refractivity contribution in [3.8, 4) is 0 Å². The first-order valence-electron chi connectivity index (χ1n) is 5.44. The molecule has 2 N–H and O–H groups in total. The number of hydrogen-bond donors (Lipinski definition) is 2. The fourth-order valence-corrected chi connectivity index (χ4v) is 1.63. The van der Waals surface area contributed by atoms with Gasteiger partial charge in [0.2, 0.25) is 5.13 Å². The normalized spacial score (nSPS) is 10.1. The summed E-state index contributed by atoms with van der Waals surface area (Å²) in [5.74, 6) is 0.311. The van der Waals surface area contributed by atoms with Gasteiger partial charge < -0.3 is 5.32 Å². The van der Waals surface area contributed by atoms with Gasteiger partial charge in [-0.25, -0.2) is 0 Å². The molecule has 18 heavy (non-hydrogen) atoms. The third-order valence-electron chi connectivity index (χ3n) is 2.03. The molecule has 2 aromatic heterocycles. The van der Waals surface area contributed by atoms with Crippen molar-refractivity contribution >= 4 is 28.2 Å². The van der Waals surface area contributed by atoms with Crippen LogP contribution in [0.4, 0.5) is 10.9 Å². The lowest BCUT2D eigenvalue weighted by Gasteiger charge is -2.03. The van der Waals surface area contributed by atoms with E-state index in [0.29, 0.717) is 10.9 Å². The predicted octanol–water partition coefficient (Wildman–Crippen LogP) is 1.40. The molecule has 2 aromatic rings. The van der Waals surface area contributed by atoms with Gasteiger partial charge in [0, 0.05) is 6.54 Å². The molecule has 0 bridgehead atoms. The Hall–Kier alpha value is -2.09. The maximum Gasteiger partial charge on any atom is 0.278 e. The summed E-state index contributed by atoms with van der Waals surface area (Å²) in [6, 6.07) is 3.33. The third-order valence-corrected chi connectivity index (χ3v) is 2.64. The van der Waals surface area contributed by atoms with Crippen LogP contribution in [0.3, 0.4) is 0 Å². The minimum atomic E-state index is -0.346. The van der Waals surface area contributed by atoms with Gasteiger partial charge in [0.25, 0.3) is 5.91 Å². The lowest BCUT2D eigenvalue weighted by molar-refractivity contribution is 0.102. The second-order valence-electron chi connectivity index (χ2n) is 3.43. The first-order valence-corrected chi connectivity index (χ1v) is 6.32. The van der Waals surface area contributed by atoms with E-state index in [9.17, 15) is 4.79 Å². The average Bonchev–Trinajstić information content (AvgIpc) is 2.89. The summed E-state index contributed by atoms with van der Waals surface area (Å²) in [4.78, 5) is 11.7. The number of anilines is 2. The summed E-state index contributed by atoms with van der Waals surface area (Å²) >= 11 is 1.25. The average molecular weight is 264 g/mol. The fourth-order valence-electron chi connectivity index (χ4n) is 1.19. The molecule has 1 amide bonds. The Morgan fingerprint density at radius 2 is 2.22 bits per heavy atom. The maximum absolute atomic E-state index is 11.7. The second-order valence-corrected chi connectivity index (χ2v) is 4.26. The molecule has 0 saturated carbocycles. The number of carbonyl (C=O) groups excluding carboxylic acids is 1. The van der Waals surface area contributed by atoms with Gasteiger partial charge in [0.15, 0.2) is 5.69 Å². The van der Waals surface area contributed by atoms with Gasteiger partial charge >= 0.3 is 0 Å². The van der Waals surface area contributed by atoms with E-state index in [2.05, 4.69) is 38.0 Å². The Morgan fingerprint density at radius 3 is 2.83 bits per heavy atom. The number of carbonyl (C=O) groups is 1. The summed E-state index contributed by atoms with van der Waals surface area (Å²) in [6.07, 6.45) is 1.00. The summed E-state index contributed by atoms with van der Waals surface area (Å²) in [5, 5.41) is 21.2. The van der Waals surface area contributed by atoms with Gasteiger partial charge in [0.05, 0.1) is 0 Å². The molecule has 0 aromatic carbocycles. The zero-order valence-electron chi connectivity index (χ0n) is 9.75. The largest absolute Gasteiger partial charge is 0.369 e. The molecular weight excluding hydrogens is 252 g/mol. The highest BCUT2D eigenvalue weighted by molar-refractivity contribution is 7.13. The van der Waals surface area contributed by atoms with Crippen LogP contribution in [0.5, 0.6) is 0 Å². The van der Waals surface area contributed by atoms with E-state index in [4.69, 9.17) is 0 Å². The van der Waals surface area contributed by atoms with Crippen molar-refractivity contribution in [3.05, 3.63) is 23.3 Å². The Bertz CT molecular complexity index is 498. The van der Waals surface area contributed by atoms with Gasteiger partial charge in [-0.05, 0) is 18.6 Å². The Kier molecular flexibility index (Phi) is 4.13. The summed E-state index contributed by atoms with van der Waals surface area (Å²) in [5.41, 5.74) is 1.78. The Morgan fingerprint density at radius 1 is 1.33 bits per heavy atom. The SMILES string of the molecule is CCCNc1ccc(C(=O)Nc2nncs2)nn1. The van der Waals surface area contributed by atoms with Crippen LogP contribution in [-0.2, 0) is 0 Å². The van der Waals surface area contributed by atoms with Crippen molar-refractivity contribution in [2.75, 3.05) is 17.2 Å². The van der Waals surface area contributed by atoms with Crippen LogP contribution in [0, 0.1) is 0 Å². The first kappa shape index (κ1) is 12.4. The van der Waals surface area contributed by atoms with Gasteiger partial charge in [-0.3, -0.25) is 10.1 Å². The molecule has 0 fully saturated rings. The lowest BCUT2D eigenvalue weighted by atomic mass is 10.3. The molecule has 8 heteroatoms. The van der Waals surface area contributed by atoms with E-state index < -0.39 is 0 Å². The third kappa shape index (κ3) is 3.20. The molecule has 0 radical (unpaired) electrons. The number of aromatic nitrogens is 4. The summed E-state index contributed by atoms with van der Waals surface area (Å²) in [7, 11) is 0. The van der Waals surface area contributed by atoms with Gasteiger partial charge in [-0.2, -0.15) is 0 Å². The lowest BCUT2D eigenvalue weighted by Crippen LogP contribution is -2.15. The van der Waals surface area contributed by atoms with Crippen LogP contribution in [0.25, 0.3) is 0 Å². The molecule has 0 unspecified atom stereocenters. The molecule has 0 saturated heterocycles. The van der Waals surface area contributed by atoms with Crippen LogP contribution < -0.4 is 10.6 Å². The first-order chi connectivity index (χ1) is 8.79. The molecule has 0 spiro atoms. The summed E-state index contributed by atoms with van der Waals surface area (Å²) in [6.45, 7) is 2.88. The molecule has 94 valence electrons. The number of amides is 1. The van der Waals surface area contributed by atoms with Crippen LogP contribution in [0.2, 0.25) is 0 Å². The molecule has 2 rings (SSSR count). The zero-order valence-corrected chi connectivity index (χ0v) is 10.6. The Balaban J connectivity index is 1.98. The maximum atomic E-state index is 11.7. The standard InChI is InChI=1S/C10H12N6OS/c1-2-5-11-8-4-3-7(14-15-8)9(17)13-10-16-12-6-18-10/h3-4,6H,2,5H2,1H3,(H,11,15)(H,13,16,17). The van der Waals surface area contributed by atoms with E-state index in [1.54, 1.807) is 17.6 Å². The minimum absolute atomic E-state index is 0.243. The molecule has 2 heterocycles. The fraction of sp³-hybridized carbons (Fsp3) is 0.300. The van der Waals surface area contributed by atoms with Crippen LogP contribution in [0.15, 0.2) is 17.6 Å². The number of nitrogens with one attached hydrogen (secondary N) is 2. The molecule has 0 atom stereocenters. The van der Waals surface area contributed by atoms with Crippen molar-refractivity contribution in [3.63, 3.8) is 0 Å². The predicted molar refractivity (Wildman–Crippen MR) is 68.7 cm³/mol. The zero-order chi connectivity index (χ0) is 12.8. The van der Waals surface area contributed by atoms with E-state index in [-0.39, 0.29) is 11.6 Å². The summed E-state index contributed by atoms with van der Waals surface area (Å²) < 4.78 is 0. The van der Waals surface area contributed by atoms with Crippen molar-refractivity contribution in [1.82, 2.24) is 20.4 Å². The van der Waals surface area contributed by atoms with Gasteiger partial charge in [-0.1, -0.05) is 18.3 Å². The van der Waals surface area contributed by atoms with Crippen molar-refractivity contribution in [1.29, 1.82) is 0 Å². The highest BCUT2D eigenvalue weighted by atomic mass is 32.1. The molecule has 0 aliphatic rings. The highest BCUT2D eigenvalue weighted by Crippen LogP contribution is 2.10. The number of rotatable bonds is 5. The van der Waals surface area contributed by atoms with E-state index in [1.165, 1.54) is 11.3 Å². The van der Waals surface area contributed by atoms with Crippen molar-refractivity contribution in [2.24, 2.45) is 0 Å². The van der Waals surface area contributed by atoms with Crippen LogP contribution >= 0.6 is 11.3 Å². The highest BCUT2D eigenvalue weighted by Gasteiger charge is 2.09. The van der Waals surface area contributed by atoms with E-state index in [0.717, 1.165) is 13.0 Å². The van der Waals surface area contributed by atoms with E-state index >= 15 is 0 Å². The van der Waals surface area contributed by atoms with Crippen molar-refractivity contribution in [2.45, 2.75) is 13.3 Å². The van der Waals surface area contributed by atoms with Gasteiger partial charge in [0.1, 0.15) is 11.3 Å².